The molecular weight excluding hydrogens is 250 g/mol. The number of hydrogen-bond acceptors (Lipinski definition) is 3. The third-order valence-corrected chi connectivity index (χ3v) is 5.98. The largest absolute Gasteiger partial charge is 0.330 e. The Hall–Kier alpha value is -0.170. The Morgan fingerprint density at radius 3 is 2.67 bits per heavy atom. The van der Waals surface area contributed by atoms with E-state index in [0.717, 1.165) is 38.5 Å². The van der Waals surface area contributed by atoms with E-state index in [2.05, 4.69) is 4.72 Å². The average Bonchev–Trinajstić information content (AvgIpc) is 3.08. The number of nitrogens with zero attached hydrogens (tertiary/aromatic N) is 1. The summed E-state index contributed by atoms with van der Waals surface area (Å²) in [7, 11) is -3.30. The second-order valence-electron chi connectivity index (χ2n) is 5.82. The van der Waals surface area contributed by atoms with Crippen LogP contribution in [0.25, 0.3) is 0 Å². The fourth-order valence-electron chi connectivity index (χ4n) is 2.75. The summed E-state index contributed by atoms with van der Waals surface area (Å²) in [5, 5.41) is 0. The smallest absolute Gasteiger partial charge is 0.279 e. The Kier molecular flexibility index (Phi) is 4.31. The number of nitrogens with two attached hydrogens (primary N) is 1. The van der Waals surface area contributed by atoms with Crippen molar-refractivity contribution in [1.29, 1.82) is 0 Å². The van der Waals surface area contributed by atoms with E-state index in [-0.39, 0.29) is 11.5 Å². The highest BCUT2D eigenvalue weighted by molar-refractivity contribution is 7.87. The van der Waals surface area contributed by atoms with E-state index in [0.29, 0.717) is 19.6 Å². The zero-order chi connectivity index (χ0) is 13.2. The molecule has 106 valence electrons. The minimum absolute atomic E-state index is 0.126. The summed E-state index contributed by atoms with van der Waals surface area (Å²) in [6.45, 7) is 3.84. The highest BCUT2D eigenvalue weighted by Gasteiger charge is 2.43. The van der Waals surface area contributed by atoms with Crippen LogP contribution in [0.15, 0.2) is 0 Å². The molecule has 1 saturated heterocycles. The van der Waals surface area contributed by atoms with Gasteiger partial charge in [-0.15, -0.1) is 0 Å². The van der Waals surface area contributed by atoms with Crippen LogP contribution >= 0.6 is 0 Å². The van der Waals surface area contributed by atoms with Gasteiger partial charge in [0.15, 0.2) is 0 Å². The van der Waals surface area contributed by atoms with Crippen molar-refractivity contribution in [3.63, 3.8) is 0 Å². The molecule has 1 aliphatic carbocycles. The molecule has 2 rings (SSSR count). The van der Waals surface area contributed by atoms with Crippen LogP contribution in [0.4, 0.5) is 0 Å². The first-order chi connectivity index (χ1) is 8.49. The predicted molar refractivity (Wildman–Crippen MR) is 72.3 cm³/mol. The highest BCUT2D eigenvalue weighted by Crippen LogP contribution is 2.47. The molecule has 1 aliphatic heterocycles. The molecule has 0 aromatic carbocycles. The van der Waals surface area contributed by atoms with E-state index < -0.39 is 10.2 Å². The van der Waals surface area contributed by atoms with Gasteiger partial charge in [0.1, 0.15) is 0 Å². The van der Waals surface area contributed by atoms with E-state index in [1.807, 2.05) is 6.92 Å². The summed E-state index contributed by atoms with van der Waals surface area (Å²) in [6, 6.07) is 0.126. The molecule has 0 aromatic rings. The first-order valence-electron chi connectivity index (χ1n) is 6.96. The van der Waals surface area contributed by atoms with Crippen LogP contribution in [0.5, 0.6) is 0 Å². The lowest BCUT2D eigenvalue weighted by molar-refractivity contribution is 0.264. The maximum absolute atomic E-state index is 12.3. The van der Waals surface area contributed by atoms with Crippen molar-refractivity contribution < 1.29 is 8.42 Å². The lowest BCUT2D eigenvalue weighted by Crippen LogP contribution is -2.49. The number of hydrogen-bond donors (Lipinski definition) is 2. The Morgan fingerprint density at radius 1 is 1.39 bits per heavy atom. The van der Waals surface area contributed by atoms with Gasteiger partial charge in [0.05, 0.1) is 0 Å². The molecule has 5 nitrogen and oxygen atoms in total. The number of piperidine rings is 1. The van der Waals surface area contributed by atoms with Crippen LogP contribution in [-0.2, 0) is 10.2 Å². The van der Waals surface area contributed by atoms with Crippen molar-refractivity contribution in [3.8, 4) is 0 Å². The van der Waals surface area contributed by atoms with Gasteiger partial charge in [0, 0.05) is 19.1 Å². The zero-order valence-electron chi connectivity index (χ0n) is 11.2. The van der Waals surface area contributed by atoms with Crippen LogP contribution in [0, 0.1) is 5.41 Å². The van der Waals surface area contributed by atoms with Gasteiger partial charge in [-0.1, -0.05) is 6.42 Å². The lowest BCUT2D eigenvalue weighted by Gasteiger charge is -2.32. The van der Waals surface area contributed by atoms with Gasteiger partial charge in [0.2, 0.25) is 0 Å². The van der Waals surface area contributed by atoms with Gasteiger partial charge in [-0.3, -0.25) is 0 Å². The number of rotatable bonds is 6. The molecule has 3 N–H and O–H groups in total. The molecule has 0 amide bonds. The molecule has 0 aromatic heterocycles. The van der Waals surface area contributed by atoms with Crippen molar-refractivity contribution >= 4 is 10.2 Å². The number of nitrogens with one attached hydrogen (secondary N) is 1. The molecule has 1 heterocycles. The summed E-state index contributed by atoms with van der Waals surface area (Å²) < 4.78 is 28.9. The SMILES string of the molecule is CC1CCCCN1S(=O)(=O)NCC1(CCN)CC1. The highest BCUT2D eigenvalue weighted by atomic mass is 32.2. The van der Waals surface area contributed by atoms with Crippen LogP contribution < -0.4 is 10.5 Å². The summed E-state index contributed by atoms with van der Waals surface area (Å²) in [5.41, 5.74) is 5.72. The van der Waals surface area contributed by atoms with Gasteiger partial charge in [0.25, 0.3) is 10.2 Å². The first-order valence-corrected chi connectivity index (χ1v) is 8.40. The van der Waals surface area contributed by atoms with E-state index in [1.165, 1.54) is 0 Å². The minimum Gasteiger partial charge on any atom is -0.330 e. The summed E-state index contributed by atoms with van der Waals surface area (Å²) >= 11 is 0. The van der Waals surface area contributed by atoms with E-state index >= 15 is 0 Å². The molecule has 1 unspecified atom stereocenters. The monoisotopic (exact) mass is 275 g/mol. The van der Waals surface area contributed by atoms with Gasteiger partial charge >= 0.3 is 0 Å². The van der Waals surface area contributed by atoms with Crippen LogP contribution in [0.3, 0.4) is 0 Å². The normalized spacial score (nSPS) is 28.2. The maximum Gasteiger partial charge on any atom is 0.279 e. The molecule has 18 heavy (non-hydrogen) atoms. The van der Waals surface area contributed by atoms with Crippen molar-refractivity contribution in [1.82, 2.24) is 9.03 Å². The van der Waals surface area contributed by atoms with Crippen molar-refractivity contribution in [3.05, 3.63) is 0 Å². The molecule has 0 spiro atoms. The van der Waals surface area contributed by atoms with Crippen molar-refractivity contribution in [2.24, 2.45) is 11.1 Å². The predicted octanol–water partition coefficient (Wildman–Crippen LogP) is 0.824. The molecule has 1 saturated carbocycles. The second-order valence-corrected chi connectivity index (χ2v) is 7.53. The third-order valence-electron chi connectivity index (χ3n) is 4.31. The Morgan fingerprint density at radius 2 is 2.11 bits per heavy atom. The van der Waals surface area contributed by atoms with E-state index in [1.54, 1.807) is 4.31 Å². The average molecular weight is 275 g/mol. The zero-order valence-corrected chi connectivity index (χ0v) is 12.0. The third kappa shape index (κ3) is 3.23. The van der Waals surface area contributed by atoms with Crippen LogP contribution in [0.2, 0.25) is 0 Å². The Balaban J connectivity index is 1.91. The Labute approximate surface area is 110 Å². The first kappa shape index (κ1) is 14.2. The second kappa shape index (κ2) is 5.45. The minimum atomic E-state index is -3.30. The topological polar surface area (TPSA) is 75.4 Å². The van der Waals surface area contributed by atoms with Gasteiger partial charge in [-0.2, -0.15) is 12.7 Å². The summed E-state index contributed by atoms with van der Waals surface area (Å²) in [6.07, 6.45) is 6.19. The van der Waals surface area contributed by atoms with Gasteiger partial charge < -0.3 is 5.73 Å². The van der Waals surface area contributed by atoms with E-state index in [4.69, 9.17) is 5.73 Å². The van der Waals surface area contributed by atoms with Crippen LogP contribution in [0.1, 0.15) is 45.4 Å². The quantitative estimate of drug-likeness (QED) is 0.753. The summed E-state index contributed by atoms with van der Waals surface area (Å²) in [4.78, 5) is 0. The van der Waals surface area contributed by atoms with Gasteiger partial charge in [-0.25, -0.2) is 4.72 Å². The molecule has 2 fully saturated rings. The van der Waals surface area contributed by atoms with Crippen LogP contribution in [-0.4, -0.2) is 38.4 Å². The molecule has 6 heteroatoms. The molecule has 0 radical (unpaired) electrons. The Bertz CT molecular complexity index is 379. The van der Waals surface area contributed by atoms with Crippen molar-refractivity contribution in [2.45, 2.75) is 51.5 Å². The lowest BCUT2D eigenvalue weighted by atomic mass is 10.0. The molecule has 1 atom stereocenters. The molecular formula is C12H25N3O2S. The standard InChI is InChI=1S/C12H25N3O2S/c1-11-4-2-3-9-15(11)18(16,17)14-10-12(5-6-12)7-8-13/h11,14H,2-10,13H2,1H3. The fourth-order valence-corrected chi connectivity index (χ4v) is 4.36. The molecule has 0 bridgehead atoms. The van der Waals surface area contributed by atoms with Gasteiger partial charge in [-0.05, 0) is 51.0 Å². The molecule has 2 aliphatic rings. The van der Waals surface area contributed by atoms with Crippen molar-refractivity contribution in [2.75, 3.05) is 19.6 Å². The summed E-state index contributed by atoms with van der Waals surface area (Å²) in [5.74, 6) is 0. The van der Waals surface area contributed by atoms with E-state index in [9.17, 15) is 8.42 Å². The fraction of sp³-hybridized carbons (Fsp3) is 1.00. The maximum atomic E-state index is 12.3.